The van der Waals surface area contributed by atoms with Gasteiger partial charge in [-0.1, -0.05) is 18.2 Å². The molecule has 4 N–H and O–H groups in total. The Bertz CT molecular complexity index is 643. The zero-order valence-corrected chi connectivity index (χ0v) is 11.6. The van der Waals surface area contributed by atoms with Crippen LogP contribution in [0.3, 0.4) is 0 Å². The molecule has 0 radical (unpaired) electrons. The molecule has 5 atom stereocenters. The van der Waals surface area contributed by atoms with Gasteiger partial charge in [0.05, 0.1) is 6.61 Å². The summed E-state index contributed by atoms with van der Waals surface area (Å²) in [6.07, 6.45) is -4.95. The number of aliphatic hydroxyl groups excluding tert-OH is 4. The van der Waals surface area contributed by atoms with Gasteiger partial charge < -0.3 is 29.9 Å². The maximum atomic E-state index is 9.99. The Hall–Kier alpha value is -1.77. The summed E-state index contributed by atoms with van der Waals surface area (Å²) in [5.41, 5.74) is 0.585. The first-order valence-electron chi connectivity index (χ1n) is 6.92. The van der Waals surface area contributed by atoms with Crippen molar-refractivity contribution in [1.82, 2.24) is 4.98 Å². The minimum absolute atomic E-state index is 0.377. The van der Waals surface area contributed by atoms with E-state index in [0.717, 1.165) is 5.39 Å². The molecule has 7 heteroatoms. The molecule has 1 aromatic carbocycles. The van der Waals surface area contributed by atoms with Gasteiger partial charge in [-0.05, 0) is 12.1 Å². The molecule has 1 aliphatic heterocycles. The van der Waals surface area contributed by atoms with Crippen molar-refractivity contribution in [3.05, 3.63) is 36.5 Å². The summed E-state index contributed by atoms with van der Waals surface area (Å²) < 4.78 is 10.9. The highest BCUT2D eigenvalue weighted by Crippen LogP contribution is 2.28. The van der Waals surface area contributed by atoms with Gasteiger partial charge in [-0.15, -0.1) is 0 Å². The molecule has 2 heterocycles. The van der Waals surface area contributed by atoms with Crippen molar-refractivity contribution >= 4 is 10.9 Å². The van der Waals surface area contributed by atoms with Crippen LogP contribution in [0.2, 0.25) is 0 Å². The van der Waals surface area contributed by atoms with E-state index in [4.69, 9.17) is 9.47 Å². The number of benzene rings is 1. The van der Waals surface area contributed by atoms with Gasteiger partial charge in [-0.3, -0.25) is 4.98 Å². The summed E-state index contributed by atoms with van der Waals surface area (Å²) in [4.78, 5) is 4.22. The van der Waals surface area contributed by atoms with Gasteiger partial charge in [-0.2, -0.15) is 0 Å². The molecule has 0 amide bonds. The maximum absolute atomic E-state index is 9.99. The molecular weight excluding hydrogens is 290 g/mol. The second-order valence-corrected chi connectivity index (χ2v) is 5.15. The van der Waals surface area contributed by atoms with Crippen LogP contribution >= 0.6 is 0 Å². The summed E-state index contributed by atoms with van der Waals surface area (Å²) in [5.74, 6) is 0.377. The van der Waals surface area contributed by atoms with E-state index >= 15 is 0 Å². The predicted octanol–water partition coefficient (Wildman–Crippen LogP) is -0.587. The van der Waals surface area contributed by atoms with Gasteiger partial charge in [0.15, 0.2) is 0 Å². The lowest BCUT2D eigenvalue weighted by Gasteiger charge is -2.39. The van der Waals surface area contributed by atoms with Crippen LogP contribution < -0.4 is 4.74 Å². The number of aromatic nitrogens is 1. The van der Waals surface area contributed by atoms with Crippen LogP contribution in [0, 0.1) is 0 Å². The first-order valence-corrected chi connectivity index (χ1v) is 6.92. The second-order valence-electron chi connectivity index (χ2n) is 5.15. The second kappa shape index (κ2) is 6.15. The van der Waals surface area contributed by atoms with Gasteiger partial charge in [0, 0.05) is 11.6 Å². The van der Waals surface area contributed by atoms with Crippen molar-refractivity contribution in [2.24, 2.45) is 0 Å². The van der Waals surface area contributed by atoms with Gasteiger partial charge in [-0.25, -0.2) is 0 Å². The molecule has 2 aromatic rings. The smallest absolute Gasteiger partial charge is 0.229 e. The van der Waals surface area contributed by atoms with Gasteiger partial charge in [0.2, 0.25) is 6.29 Å². The minimum atomic E-state index is -1.47. The zero-order valence-electron chi connectivity index (χ0n) is 11.6. The Labute approximate surface area is 126 Å². The van der Waals surface area contributed by atoms with E-state index < -0.39 is 37.3 Å². The van der Waals surface area contributed by atoms with Crippen LogP contribution in [0.1, 0.15) is 0 Å². The van der Waals surface area contributed by atoms with E-state index in [1.54, 1.807) is 24.4 Å². The number of nitrogens with zero attached hydrogens (tertiary/aromatic N) is 1. The first-order chi connectivity index (χ1) is 10.6. The van der Waals surface area contributed by atoms with E-state index in [0.29, 0.717) is 11.3 Å². The van der Waals surface area contributed by atoms with Gasteiger partial charge in [0.25, 0.3) is 0 Å². The lowest BCUT2D eigenvalue weighted by molar-refractivity contribution is -0.277. The topological polar surface area (TPSA) is 112 Å². The van der Waals surface area contributed by atoms with Crippen molar-refractivity contribution < 1.29 is 29.9 Å². The Morgan fingerprint density at radius 1 is 1.05 bits per heavy atom. The summed E-state index contributed by atoms with van der Waals surface area (Å²) in [7, 11) is 0. The molecule has 0 aliphatic carbocycles. The molecule has 22 heavy (non-hydrogen) atoms. The number of hydrogen-bond acceptors (Lipinski definition) is 7. The highest BCUT2D eigenvalue weighted by molar-refractivity contribution is 5.84. The maximum Gasteiger partial charge on any atom is 0.229 e. The molecule has 1 fully saturated rings. The molecule has 0 spiro atoms. The summed E-state index contributed by atoms with van der Waals surface area (Å²) >= 11 is 0. The average Bonchev–Trinajstić information content (AvgIpc) is 2.55. The summed E-state index contributed by atoms with van der Waals surface area (Å²) in [6.45, 7) is -0.501. The van der Waals surface area contributed by atoms with Gasteiger partial charge >= 0.3 is 0 Å². The van der Waals surface area contributed by atoms with Gasteiger partial charge in [0.1, 0.15) is 35.7 Å². The third-order valence-electron chi connectivity index (χ3n) is 3.69. The summed E-state index contributed by atoms with van der Waals surface area (Å²) in [5, 5.41) is 39.5. The fourth-order valence-electron chi connectivity index (χ4n) is 2.46. The van der Waals surface area contributed by atoms with E-state index in [2.05, 4.69) is 4.98 Å². The monoisotopic (exact) mass is 307 g/mol. The first kappa shape index (κ1) is 15.1. The molecule has 118 valence electrons. The van der Waals surface area contributed by atoms with Crippen LogP contribution in [-0.4, -0.2) is 62.7 Å². The molecule has 1 aliphatic rings. The van der Waals surface area contributed by atoms with Crippen LogP contribution in [0.5, 0.6) is 5.75 Å². The SMILES string of the molecule is OCC1O[C@@H](Oc2cccc3cccnc23)[C@H](O)C(O)C1O. The molecule has 1 aromatic heterocycles. The molecule has 0 saturated carbocycles. The Morgan fingerprint density at radius 2 is 1.82 bits per heavy atom. The van der Waals surface area contributed by atoms with Crippen LogP contribution in [0.15, 0.2) is 36.5 Å². The highest BCUT2D eigenvalue weighted by Gasteiger charge is 2.44. The molecule has 1 saturated heterocycles. The quantitative estimate of drug-likeness (QED) is 0.600. The van der Waals surface area contributed by atoms with Crippen molar-refractivity contribution in [2.75, 3.05) is 6.61 Å². The summed E-state index contributed by atoms with van der Waals surface area (Å²) in [6, 6.07) is 8.95. The predicted molar refractivity (Wildman–Crippen MR) is 76.1 cm³/mol. The third kappa shape index (κ3) is 2.65. The van der Waals surface area contributed by atoms with E-state index in [-0.39, 0.29) is 0 Å². The van der Waals surface area contributed by atoms with E-state index in [9.17, 15) is 20.4 Å². The Kier molecular flexibility index (Phi) is 4.23. The van der Waals surface area contributed by atoms with E-state index in [1.165, 1.54) is 0 Å². The molecular formula is C15H17NO6. The Balaban J connectivity index is 1.87. The largest absolute Gasteiger partial charge is 0.460 e. The molecule has 3 rings (SSSR count). The number of pyridine rings is 1. The average molecular weight is 307 g/mol. The fraction of sp³-hybridized carbons (Fsp3) is 0.400. The standard InChI is InChI=1S/C15H17NO6/c17-7-10-12(18)13(19)14(20)15(22-10)21-9-5-1-3-8-4-2-6-16-11(8)9/h1-6,10,12-15,17-20H,7H2/t10?,12?,13?,14-,15-/m1/s1. The van der Waals surface area contributed by atoms with E-state index in [1.807, 2.05) is 12.1 Å². The number of aliphatic hydroxyl groups is 4. The minimum Gasteiger partial charge on any atom is -0.460 e. The van der Waals surface area contributed by atoms with Crippen molar-refractivity contribution in [2.45, 2.75) is 30.7 Å². The molecule has 3 unspecified atom stereocenters. The van der Waals surface area contributed by atoms with Crippen LogP contribution in [-0.2, 0) is 4.74 Å². The zero-order chi connectivity index (χ0) is 15.7. The van der Waals surface area contributed by atoms with Crippen molar-refractivity contribution in [1.29, 1.82) is 0 Å². The number of hydrogen-bond donors (Lipinski definition) is 4. The fourth-order valence-corrected chi connectivity index (χ4v) is 2.46. The normalized spacial score (nSPS) is 32.1. The molecule has 0 bridgehead atoms. The number of ether oxygens (including phenoxy) is 2. The van der Waals surface area contributed by atoms with Crippen molar-refractivity contribution in [3.8, 4) is 5.75 Å². The Morgan fingerprint density at radius 3 is 2.59 bits per heavy atom. The number of fused-ring (bicyclic) bond motifs is 1. The number of para-hydroxylation sites is 1. The van der Waals surface area contributed by atoms with Crippen LogP contribution in [0.4, 0.5) is 0 Å². The lowest BCUT2D eigenvalue weighted by atomic mass is 9.99. The van der Waals surface area contributed by atoms with Crippen molar-refractivity contribution in [3.63, 3.8) is 0 Å². The molecule has 7 nitrogen and oxygen atoms in total. The highest BCUT2D eigenvalue weighted by atomic mass is 16.7. The number of rotatable bonds is 3. The lowest BCUT2D eigenvalue weighted by Crippen LogP contribution is -2.60. The third-order valence-corrected chi connectivity index (χ3v) is 3.69. The van der Waals surface area contributed by atoms with Crippen LogP contribution in [0.25, 0.3) is 10.9 Å².